The zero-order valence-corrected chi connectivity index (χ0v) is 29.9. The number of allylic oxidation sites excluding steroid dienone is 1. The SMILES string of the molecule is CC=CO[C@H]1O[C@H](CO[Si](C)(C)C(C)(C)C)[C@@H](O)[C@H](OCCCCCCCCCC)[C@H]1N=C(c1ccccc1)c1ccccc1. The molecule has 2 aromatic rings. The molecule has 2 aromatic carbocycles. The minimum absolute atomic E-state index is 0.0347. The number of ether oxygens (including phenoxy) is 3. The molecule has 0 saturated carbocycles. The van der Waals surface area contributed by atoms with Gasteiger partial charge < -0.3 is 23.7 Å². The molecule has 45 heavy (non-hydrogen) atoms. The number of aliphatic hydroxyl groups excluding tert-OH is 1. The van der Waals surface area contributed by atoms with Gasteiger partial charge in [0, 0.05) is 17.7 Å². The molecule has 5 atom stereocenters. The van der Waals surface area contributed by atoms with Crippen molar-refractivity contribution in [3.63, 3.8) is 0 Å². The Morgan fingerprint density at radius 2 is 1.44 bits per heavy atom. The van der Waals surface area contributed by atoms with Gasteiger partial charge in [-0.1, -0.05) is 139 Å². The maximum atomic E-state index is 11.9. The van der Waals surface area contributed by atoms with Crippen LogP contribution in [0.3, 0.4) is 0 Å². The van der Waals surface area contributed by atoms with Crippen LogP contribution in [0, 0.1) is 0 Å². The van der Waals surface area contributed by atoms with Gasteiger partial charge >= 0.3 is 0 Å². The lowest BCUT2D eigenvalue weighted by atomic mass is 9.95. The molecule has 1 saturated heterocycles. The summed E-state index contributed by atoms with van der Waals surface area (Å²) in [5, 5.41) is 11.9. The van der Waals surface area contributed by atoms with Gasteiger partial charge in [-0.2, -0.15) is 0 Å². The third-order valence-electron chi connectivity index (χ3n) is 9.09. The first-order valence-corrected chi connectivity index (χ1v) is 20.0. The Kier molecular flexibility index (Phi) is 15.5. The van der Waals surface area contributed by atoms with Crippen molar-refractivity contribution in [1.82, 2.24) is 0 Å². The van der Waals surface area contributed by atoms with Gasteiger partial charge in [-0.05, 0) is 31.5 Å². The summed E-state index contributed by atoms with van der Waals surface area (Å²) in [6.07, 6.45) is 10.2. The molecular weight excluding hydrogens is 579 g/mol. The van der Waals surface area contributed by atoms with Crippen molar-refractivity contribution in [3.8, 4) is 0 Å². The number of nitrogens with zero attached hydrogens (tertiary/aromatic N) is 1. The molecule has 3 rings (SSSR count). The second-order valence-corrected chi connectivity index (χ2v) is 18.5. The number of benzene rings is 2. The summed E-state index contributed by atoms with van der Waals surface area (Å²) >= 11 is 0. The Morgan fingerprint density at radius 3 is 1.98 bits per heavy atom. The lowest BCUT2D eigenvalue weighted by Gasteiger charge is -2.44. The fourth-order valence-corrected chi connectivity index (χ4v) is 6.27. The average Bonchev–Trinajstić information content (AvgIpc) is 3.03. The third kappa shape index (κ3) is 11.5. The van der Waals surface area contributed by atoms with Gasteiger partial charge in [0.2, 0.25) is 6.29 Å². The van der Waals surface area contributed by atoms with E-state index in [2.05, 4.69) is 65.1 Å². The summed E-state index contributed by atoms with van der Waals surface area (Å²) in [4.78, 5) is 5.30. The standard InChI is InChI=1S/C38H59NO5Si/c1-8-10-11-12-13-14-15-22-28-41-36-34(39-33(30-23-18-16-19-24-30)31-25-20-17-21-26-31)37(42-27-9-2)44-32(35(36)40)29-43-45(6,7)38(3,4)5/h9,16-21,23-27,32,34-37,40H,8,10-15,22,28-29H2,1-7H3/t32-,34-,35-,36-,37+/m1/s1. The van der Waals surface area contributed by atoms with Gasteiger partial charge in [0.1, 0.15) is 24.4 Å². The van der Waals surface area contributed by atoms with Crippen LogP contribution in [0.2, 0.25) is 18.1 Å². The zero-order chi connectivity index (χ0) is 32.7. The van der Waals surface area contributed by atoms with Crippen LogP contribution in [-0.4, -0.2) is 63.0 Å². The minimum Gasteiger partial charge on any atom is -0.470 e. The highest BCUT2D eigenvalue weighted by Crippen LogP contribution is 2.37. The maximum absolute atomic E-state index is 11.9. The summed E-state index contributed by atoms with van der Waals surface area (Å²) in [5.74, 6) is 0. The maximum Gasteiger partial charge on any atom is 0.224 e. The molecule has 0 spiro atoms. The number of aliphatic hydroxyl groups is 1. The second-order valence-electron chi connectivity index (χ2n) is 13.7. The first-order chi connectivity index (χ1) is 21.6. The van der Waals surface area contributed by atoms with Crippen LogP contribution in [0.1, 0.15) is 97.1 Å². The molecule has 1 heterocycles. The van der Waals surface area contributed by atoms with E-state index in [4.69, 9.17) is 23.6 Å². The number of rotatable bonds is 18. The highest BCUT2D eigenvalue weighted by Gasteiger charge is 2.48. The third-order valence-corrected chi connectivity index (χ3v) is 13.6. The lowest BCUT2D eigenvalue weighted by Crippen LogP contribution is -2.60. The Balaban J connectivity index is 1.91. The van der Waals surface area contributed by atoms with Crippen LogP contribution >= 0.6 is 0 Å². The van der Waals surface area contributed by atoms with E-state index >= 15 is 0 Å². The van der Waals surface area contributed by atoms with Crippen LogP contribution in [0.4, 0.5) is 0 Å². The Morgan fingerprint density at radius 1 is 0.889 bits per heavy atom. The lowest BCUT2D eigenvalue weighted by molar-refractivity contribution is -0.257. The van der Waals surface area contributed by atoms with Crippen molar-refractivity contribution >= 4 is 14.0 Å². The van der Waals surface area contributed by atoms with Crippen molar-refractivity contribution < 1.29 is 23.7 Å². The van der Waals surface area contributed by atoms with Crippen LogP contribution in [-0.2, 0) is 18.6 Å². The molecule has 250 valence electrons. The predicted molar refractivity (Wildman–Crippen MR) is 188 cm³/mol. The van der Waals surface area contributed by atoms with Crippen LogP contribution in [0.25, 0.3) is 0 Å². The molecule has 0 radical (unpaired) electrons. The number of hydrogen-bond acceptors (Lipinski definition) is 6. The number of aliphatic imine (C=N–C) groups is 1. The molecule has 1 aliphatic rings. The smallest absolute Gasteiger partial charge is 0.224 e. The van der Waals surface area contributed by atoms with Gasteiger partial charge in [-0.3, -0.25) is 4.99 Å². The molecule has 1 aliphatic heterocycles. The van der Waals surface area contributed by atoms with E-state index < -0.39 is 39.0 Å². The Labute approximate surface area is 274 Å². The minimum atomic E-state index is -2.09. The highest BCUT2D eigenvalue weighted by atomic mass is 28.4. The first kappa shape index (κ1) is 37.2. The van der Waals surface area contributed by atoms with E-state index in [0.29, 0.717) is 6.61 Å². The van der Waals surface area contributed by atoms with Crippen molar-refractivity contribution in [3.05, 3.63) is 84.1 Å². The summed E-state index contributed by atoms with van der Waals surface area (Å²) < 4.78 is 25.8. The molecule has 1 N–H and O–H groups in total. The van der Waals surface area contributed by atoms with Crippen molar-refractivity contribution in [2.75, 3.05) is 13.2 Å². The van der Waals surface area contributed by atoms with Crippen molar-refractivity contribution in [2.24, 2.45) is 4.99 Å². The summed E-state index contributed by atoms with van der Waals surface area (Å²) in [6.45, 7) is 16.0. The average molecular weight is 638 g/mol. The molecule has 1 fully saturated rings. The first-order valence-electron chi connectivity index (χ1n) is 17.1. The monoisotopic (exact) mass is 637 g/mol. The van der Waals surface area contributed by atoms with Gasteiger partial charge in [0.05, 0.1) is 18.6 Å². The normalized spacial score (nSPS) is 22.4. The second kappa shape index (κ2) is 18.8. The van der Waals surface area contributed by atoms with E-state index in [1.165, 1.54) is 38.5 Å². The van der Waals surface area contributed by atoms with Crippen molar-refractivity contribution in [1.29, 1.82) is 0 Å². The van der Waals surface area contributed by atoms with E-state index in [9.17, 15) is 5.11 Å². The number of unbranched alkanes of at least 4 members (excludes halogenated alkanes) is 7. The summed E-state index contributed by atoms with van der Waals surface area (Å²) in [7, 11) is -2.09. The molecular formula is C38H59NO5Si. The molecule has 0 amide bonds. The fourth-order valence-electron chi connectivity index (χ4n) is 5.26. The van der Waals surface area contributed by atoms with Crippen LogP contribution in [0.15, 0.2) is 78.0 Å². The topological polar surface area (TPSA) is 69.5 Å². The molecule has 0 unspecified atom stereocenters. The van der Waals surface area contributed by atoms with Crippen molar-refractivity contribution in [2.45, 2.75) is 135 Å². The van der Waals surface area contributed by atoms with Gasteiger partial charge in [0.15, 0.2) is 8.32 Å². The van der Waals surface area contributed by atoms with E-state index in [0.717, 1.165) is 29.7 Å². The molecule has 0 aromatic heterocycles. The molecule has 6 nitrogen and oxygen atoms in total. The predicted octanol–water partition coefficient (Wildman–Crippen LogP) is 9.08. The van der Waals surface area contributed by atoms with Gasteiger partial charge in [0.25, 0.3) is 0 Å². The van der Waals surface area contributed by atoms with E-state index in [-0.39, 0.29) is 11.6 Å². The number of hydrogen-bond donors (Lipinski definition) is 1. The highest BCUT2D eigenvalue weighted by molar-refractivity contribution is 6.74. The quantitative estimate of drug-likeness (QED) is 0.0764. The van der Waals surface area contributed by atoms with Crippen LogP contribution in [0.5, 0.6) is 0 Å². The summed E-state index contributed by atoms with van der Waals surface area (Å²) in [6, 6.07) is 19.7. The Hall–Kier alpha value is -2.29. The Bertz CT molecular complexity index is 1110. The summed E-state index contributed by atoms with van der Waals surface area (Å²) in [5.41, 5.74) is 2.77. The van der Waals surface area contributed by atoms with E-state index in [1.54, 1.807) is 6.26 Å². The van der Waals surface area contributed by atoms with E-state index in [1.807, 2.05) is 49.4 Å². The molecule has 0 aliphatic carbocycles. The molecule has 7 heteroatoms. The fraction of sp³-hybridized carbons (Fsp3) is 0.605. The molecule has 0 bridgehead atoms. The van der Waals surface area contributed by atoms with Gasteiger partial charge in [-0.25, -0.2) is 0 Å². The van der Waals surface area contributed by atoms with Crippen LogP contribution < -0.4 is 0 Å². The largest absolute Gasteiger partial charge is 0.470 e. The zero-order valence-electron chi connectivity index (χ0n) is 28.9. The van der Waals surface area contributed by atoms with Gasteiger partial charge in [-0.15, -0.1) is 0 Å².